The molecule has 1 aliphatic rings. The Labute approximate surface area is 131 Å². The van der Waals surface area contributed by atoms with Crippen LogP contribution in [0.2, 0.25) is 0 Å². The number of aryl methyl sites for hydroxylation is 1. The molecule has 2 unspecified atom stereocenters. The zero-order valence-electron chi connectivity index (χ0n) is 13.3. The first-order valence-corrected chi connectivity index (χ1v) is 7.86. The van der Waals surface area contributed by atoms with E-state index in [1.54, 1.807) is 0 Å². The van der Waals surface area contributed by atoms with Crippen LogP contribution in [0, 0.1) is 6.92 Å². The van der Waals surface area contributed by atoms with Crippen molar-refractivity contribution in [1.82, 2.24) is 5.32 Å². The van der Waals surface area contributed by atoms with Gasteiger partial charge in [-0.05, 0) is 25.0 Å². The molecule has 5 nitrogen and oxygen atoms in total. The van der Waals surface area contributed by atoms with Gasteiger partial charge in [0.25, 0.3) is 0 Å². The van der Waals surface area contributed by atoms with E-state index in [1.165, 1.54) is 11.1 Å². The summed E-state index contributed by atoms with van der Waals surface area (Å²) in [4.78, 5) is 11.5. The first-order valence-electron chi connectivity index (χ1n) is 7.86. The summed E-state index contributed by atoms with van der Waals surface area (Å²) < 4.78 is 16.3. The fourth-order valence-corrected chi connectivity index (χ4v) is 2.64. The van der Waals surface area contributed by atoms with Crippen LogP contribution in [0.1, 0.15) is 30.5 Å². The number of ether oxygens (including phenoxy) is 3. The Morgan fingerprint density at radius 2 is 2.23 bits per heavy atom. The van der Waals surface area contributed by atoms with Crippen molar-refractivity contribution in [2.24, 2.45) is 0 Å². The summed E-state index contributed by atoms with van der Waals surface area (Å²) in [6.07, 6.45) is 0.307. The van der Waals surface area contributed by atoms with Crippen LogP contribution in [0.3, 0.4) is 0 Å². The van der Waals surface area contributed by atoms with E-state index in [-0.39, 0.29) is 18.1 Å². The number of rotatable bonds is 7. The fourth-order valence-electron chi connectivity index (χ4n) is 2.64. The second kappa shape index (κ2) is 8.88. The van der Waals surface area contributed by atoms with Crippen molar-refractivity contribution in [2.75, 3.05) is 33.0 Å². The van der Waals surface area contributed by atoms with Crippen LogP contribution >= 0.6 is 0 Å². The van der Waals surface area contributed by atoms with Gasteiger partial charge in [0.2, 0.25) is 0 Å². The Bertz CT molecular complexity index is 471. The van der Waals surface area contributed by atoms with Gasteiger partial charge in [-0.25, -0.2) is 0 Å². The highest BCUT2D eigenvalue weighted by Gasteiger charge is 2.27. The van der Waals surface area contributed by atoms with E-state index < -0.39 is 0 Å². The SMILES string of the molecule is CCOC(=O)CCNC(c1ccccc1C)C1COCCO1. The van der Waals surface area contributed by atoms with Crippen molar-refractivity contribution in [2.45, 2.75) is 32.4 Å². The normalized spacial score (nSPS) is 19.6. The van der Waals surface area contributed by atoms with Crippen LogP contribution in [0.5, 0.6) is 0 Å². The maximum atomic E-state index is 11.5. The molecule has 1 aromatic carbocycles. The summed E-state index contributed by atoms with van der Waals surface area (Å²) in [5.74, 6) is -0.181. The second-order valence-electron chi connectivity index (χ2n) is 5.33. The van der Waals surface area contributed by atoms with E-state index in [0.717, 1.165) is 0 Å². The van der Waals surface area contributed by atoms with Crippen LogP contribution in [0.25, 0.3) is 0 Å². The van der Waals surface area contributed by atoms with Crippen molar-refractivity contribution in [3.63, 3.8) is 0 Å². The lowest BCUT2D eigenvalue weighted by Gasteiger charge is -2.32. The zero-order chi connectivity index (χ0) is 15.8. The molecule has 0 radical (unpaired) electrons. The van der Waals surface area contributed by atoms with Crippen molar-refractivity contribution in [1.29, 1.82) is 0 Å². The highest BCUT2D eigenvalue weighted by atomic mass is 16.6. The molecule has 1 aliphatic heterocycles. The van der Waals surface area contributed by atoms with E-state index in [9.17, 15) is 4.79 Å². The average Bonchev–Trinajstić information content (AvgIpc) is 2.54. The van der Waals surface area contributed by atoms with Crippen LogP contribution in [0.4, 0.5) is 0 Å². The molecule has 0 aliphatic carbocycles. The number of hydrogen-bond acceptors (Lipinski definition) is 5. The van der Waals surface area contributed by atoms with Gasteiger partial charge in [0.05, 0.1) is 38.9 Å². The lowest BCUT2D eigenvalue weighted by molar-refractivity contribution is -0.143. The number of hydrogen-bond donors (Lipinski definition) is 1. The maximum absolute atomic E-state index is 11.5. The molecule has 1 N–H and O–H groups in total. The highest BCUT2D eigenvalue weighted by molar-refractivity contribution is 5.69. The van der Waals surface area contributed by atoms with Crippen LogP contribution in [-0.4, -0.2) is 45.0 Å². The molecule has 5 heteroatoms. The Morgan fingerprint density at radius 1 is 1.41 bits per heavy atom. The number of nitrogens with one attached hydrogen (secondary N) is 1. The molecule has 0 amide bonds. The van der Waals surface area contributed by atoms with Crippen LogP contribution < -0.4 is 5.32 Å². The number of carbonyl (C=O) groups excluding carboxylic acids is 1. The predicted molar refractivity (Wildman–Crippen MR) is 83.7 cm³/mol. The molecular formula is C17H25NO4. The van der Waals surface area contributed by atoms with Gasteiger partial charge < -0.3 is 19.5 Å². The lowest BCUT2D eigenvalue weighted by Crippen LogP contribution is -2.41. The number of carbonyl (C=O) groups is 1. The summed E-state index contributed by atoms with van der Waals surface area (Å²) in [5.41, 5.74) is 2.38. The molecule has 1 fully saturated rings. The molecule has 0 aromatic heterocycles. The largest absolute Gasteiger partial charge is 0.466 e. The van der Waals surface area contributed by atoms with E-state index >= 15 is 0 Å². The van der Waals surface area contributed by atoms with Gasteiger partial charge in [0, 0.05) is 6.54 Å². The van der Waals surface area contributed by atoms with Crippen molar-refractivity contribution in [3.05, 3.63) is 35.4 Å². The predicted octanol–water partition coefficient (Wildman–Crippen LogP) is 1.99. The smallest absolute Gasteiger partial charge is 0.307 e. The van der Waals surface area contributed by atoms with Gasteiger partial charge in [-0.2, -0.15) is 0 Å². The maximum Gasteiger partial charge on any atom is 0.307 e. The monoisotopic (exact) mass is 307 g/mol. The molecule has 2 atom stereocenters. The van der Waals surface area contributed by atoms with Crippen molar-refractivity contribution >= 4 is 5.97 Å². The summed E-state index contributed by atoms with van der Waals surface area (Å²) in [5, 5.41) is 3.43. The summed E-state index contributed by atoms with van der Waals surface area (Å²) in [7, 11) is 0. The number of esters is 1. The molecule has 0 saturated carbocycles. The molecule has 1 heterocycles. The fraction of sp³-hybridized carbons (Fsp3) is 0.588. The molecule has 0 spiro atoms. The minimum atomic E-state index is -0.181. The third kappa shape index (κ3) is 4.80. The Hall–Kier alpha value is -1.43. The summed E-state index contributed by atoms with van der Waals surface area (Å²) >= 11 is 0. The van der Waals surface area contributed by atoms with Gasteiger partial charge >= 0.3 is 5.97 Å². The molecule has 1 aromatic rings. The first kappa shape index (κ1) is 16.9. The third-order valence-electron chi connectivity index (χ3n) is 3.74. The van der Waals surface area contributed by atoms with Gasteiger partial charge in [-0.15, -0.1) is 0 Å². The Morgan fingerprint density at radius 3 is 2.91 bits per heavy atom. The van der Waals surface area contributed by atoms with Crippen molar-refractivity contribution in [3.8, 4) is 0 Å². The van der Waals surface area contributed by atoms with Crippen LogP contribution in [-0.2, 0) is 19.0 Å². The quantitative estimate of drug-likeness (QED) is 0.781. The Kier molecular flexibility index (Phi) is 6.83. The van der Waals surface area contributed by atoms with Crippen molar-refractivity contribution < 1.29 is 19.0 Å². The molecule has 22 heavy (non-hydrogen) atoms. The Balaban J connectivity index is 2.02. The standard InChI is InChI=1S/C17H25NO4/c1-3-21-16(19)8-9-18-17(15-12-20-10-11-22-15)14-7-5-4-6-13(14)2/h4-7,15,17-18H,3,8-12H2,1-2H3. The molecule has 122 valence electrons. The molecule has 1 saturated heterocycles. The third-order valence-corrected chi connectivity index (χ3v) is 3.74. The molecule has 0 bridgehead atoms. The zero-order valence-corrected chi connectivity index (χ0v) is 13.3. The number of benzene rings is 1. The van der Waals surface area contributed by atoms with E-state index in [2.05, 4.69) is 24.4 Å². The van der Waals surface area contributed by atoms with Gasteiger partial charge in [0.1, 0.15) is 6.10 Å². The summed E-state index contributed by atoms with van der Waals surface area (Å²) in [6, 6.07) is 8.23. The second-order valence-corrected chi connectivity index (χ2v) is 5.33. The van der Waals surface area contributed by atoms with Gasteiger partial charge in [-0.1, -0.05) is 24.3 Å². The minimum absolute atomic E-state index is 0.0101. The van der Waals surface area contributed by atoms with Crippen LogP contribution in [0.15, 0.2) is 24.3 Å². The highest BCUT2D eigenvalue weighted by Crippen LogP contribution is 2.24. The first-order chi connectivity index (χ1) is 10.7. The van der Waals surface area contributed by atoms with Gasteiger partial charge in [0.15, 0.2) is 0 Å². The average molecular weight is 307 g/mol. The van der Waals surface area contributed by atoms with E-state index in [0.29, 0.717) is 39.4 Å². The molecular weight excluding hydrogens is 282 g/mol. The summed E-state index contributed by atoms with van der Waals surface area (Å²) in [6.45, 7) is 6.67. The van der Waals surface area contributed by atoms with Gasteiger partial charge in [-0.3, -0.25) is 4.79 Å². The lowest BCUT2D eigenvalue weighted by atomic mass is 9.96. The van der Waals surface area contributed by atoms with E-state index in [4.69, 9.17) is 14.2 Å². The minimum Gasteiger partial charge on any atom is -0.466 e. The van der Waals surface area contributed by atoms with E-state index in [1.807, 2.05) is 19.1 Å². The topological polar surface area (TPSA) is 56.8 Å². The molecule has 2 rings (SSSR count).